The van der Waals surface area contributed by atoms with Gasteiger partial charge in [-0.25, -0.2) is 18.8 Å². The first kappa shape index (κ1) is 30.0. The van der Waals surface area contributed by atoms with Crippen molar-refractivity contribution in [3.8, 4) is 11.1 Å². The molecular weight excluding hydrogens is 605 g/mol. The summed E-state index contributed by atoms with van der Waals surface area (Å²) in [5.74, 6) is -0.434. The highest BCUT2D eigenvalue weighted by molar-refractivity contribution is 6.35. The molecule has 0 spiro atoms. The first-order valence-corrected chi connectivity index (χ1v) is 15.7. The molecule has 1 aliphatic carbocycles. The second kappa shape index (κ2) is 12.2. The smallest absolute Gasteiger partial charge is 0.411 e. The van der Waals surface area contributed by atoms with E-state index in [4.69, 9.17) is 16.3 Å². The van der Waals surface area contributed by atoms with Gasteiger partial charge in [-0.1, -0.05) is 90.5 Å². The Morgan fingerprint density at radius 1 is 0.935 bits per heavy atom. The van der Waals surface area contributed by atoms with E-state index in [1.165, 1.54) is 27.3 Å². The predicted octanol–water partition coefficient (Wildman–Crippen LogP) is 6.54. The molecular formula is C36H33ClFN5O3. The molecule has 10 heteroatoms. The number of benzene rings is 4. The zero-order valence-electron chi connectivity index (χ0n) is 25.6. The van der Waals surface area contributed by atoms with E-state index in [2.05, 4.69) is 22.0 Å². The number of carbonyl (C=O) groups is 1. The van der Waals surface area contributed by atoms with Crippen LogP contribution in [0.4, 0.5) is 9.18 Å². The summed E-state index contributed by atoms with van der Waals surface area (Å²) in [4.78, 5) is 36.3. The van der Waals surface area contributed by atoms with Crippen molar-refractivity contribution in [1.29, 1.82) is 0 Å². The molecule has 1 aliphatic heterocycles. The third-order valence-corrected chi connectivity index (χ3v) is 9.36. The Morgan fingerprint density at radius 3 is 2.20 bits per heavy atom. The third-order valence-electron chi connectivity index (χ3n) is 9.05. The average Bonchev–Trinajstić information content (AvgIpc) is 3.39. The Bertz CT molecular complexity index is 1950. The highest BCUT2D eigenvalue weighted by Gasteiger charge is 2.34. The molecule has 8 nitrogen and oxygen atoms in total. The summed E-state index contributed by atoms with van der Waals surface area (Å²) in [6, 6.07) is 27.8. The first-order valence-electron chi connectivity index (χ1n) is 15.4. The SMILES string of the molecule is C[C@@H](c1nc2c(F)ccc(Cl)c2c(=O)n1N1CCN(Cc2ccccc2)CC1)N(C)C(=O)OC1c2ccccc2-c2ccccc21. The molecule has 46 heavy (non-hydrogen) atoms. The maximum atomic E-state index is 15.1. The van der Waals surface area contributed by atoms with Crippen LogP contribution >= 0.6 is 11.6 Å². The Kier molecular flexibility index (Phi) is 7.96. The van der Waals surface area contributed by atoms with Gasteiger partial charge in [-0.05, 0) is 35.7 Å². The molecule has 234 valence electrons. The number of hydrogen-bond donors (Lipinski definition) is 0. The van der Waals surface area contributed by atoms with E-state index in [0.717, 1.165) is 28.8 Å². The lowest BCUT2D eigenvalue weighted by molar-refractivity contribution is 0.0743. The minimum atomic E-state index is -0.753. The second-order valence-corrected chi connectivity index (χ2v) is 12.2. The fourth-order valence-electron chi connectivity index (χ4n) is 6.46. The van der Waals surface area contributed by atoms with Gasteiger partial charge in [0.15, 0.2) is 11.9 Å². The molecule has 1 saturated heterocycles. The third kappa shape index (κ3) is 5.29. The van der Waals surface area contributed by atoms with Crippen molar-refractivity contribution in [2.75, 3.05) is 38.2 Å². The minimum absolute atomic E-state index is 0.00808. The summed E-state index contributed by atoms with van der Waals surface area (Å²) in [6.45, 7) is 5.00. The molecule has 5 aromatic rings. The van der Waals surface area contributed by atoms with E-state index >= 15 is 4.39 Å². The van der Waals surface area contributed by atoms with E-state index in [1.807, 2.05) is 71.7 Å². The molecule has 1 aromatic heterocycles. The van der Waals surface area contributed by atoms with Crippen molar-refractivity contribution in [1.82, 2.24) is 19.5 Å². The van der Waals surface area contributed by atoms with E-state index in [0.29, 0.717) is 26.2 Å². The van der Waals surface area contributed by atoms with Crippen molar-refractivity contribution in [2.24, 2.45) is 0 Å². The van der Waals surface area contributed by atoms with Crippen molar-refractivity contribution >= 4 is 28.6 Å². The number of amides is 1. The van der Waals surface area contributed by atoms with Crippen LogP contribution in [-0.4, -0.2) is 58.8 Å². The zero-order valence-corrected chi connectivity index (χ0v) is 26.3. The number of rotatable bonds is 6. The van der Waals surface area contributed by atoms with Gasteiger partial charge in [0, 0.05) is 50.9 Å². The molecule has 1 atom stereocenters. The fourth-order valence-corrected chi connectivity index (χ4v) is 6.69. The van der Waals surface area contributed by atoms with E-state index < -0.39 is 29.6 Å². The van der Waals surface area contributed by atoms with Crippen LogP contribution in [0.25, 0.3) is 22.0 Å². The van der Waals surface area contributed by atoms with Gasteiger partial charge in [0.1, 0.15) is 11.3 Å². The van der Waals surface area contributed by atoms with Gasteiger partial charge in [-0.2, -0.15) is 0 Å². The van der Waals surface area contributed by atoms with Gasteiger partial charge in [-0.15, -0.1) is 0 Å². The summed E-state index contributed by atoms with van der Waals surface area (Å²) >= 11 is 6.45. The molecule has 7 rings (SSSR count). The Hall–Kier alpha value is -4.73. The van der Waals surface area contributed by atoms with Crippen LogP contribution in [-0.2, 0) is 11.3 Å². The highest BCUT2D eigenvalue weighted by atomic mass is 35.5. The van der Waals surface area contributed by atoms with Crippen LogP contribution in [0.1, 0.15) is 41.6 Å². The van der Waals surface area contributed by atoms with Crippen LogP contribution in [0.2, 0.25) is 5.02 Å². The summed E-state index contributed by atoms with van der Waals surface area (Å²) in [7, 11) is 1.60. The lowest BCUT2D eigenvalue weighted by atomic mass is 10.1. The van der Waals surface area contributed by atoms with Crippen LogP contribution in [0.3, 0.4) is 0 Å². The van der Waals surface area contributed by atoms with Gasteiger partial charge < -0.3 is 14.6 Å². The van der Waals surface area contributed by atoms with E-state index in [-0.39, 0.29) is 21.7 Å². The number of ether oxygens (including phenoxy) is 1. The number of hydrogen-bond acceptors (Lipinski definition) is 6. The second-order valence-electron chi connectivity index (χ2n) is 11.8. The van der Waals surface area contributed by atoms with Crippen LogP contribution in [0, 0.1) is 5.82 Å². The molecule has 0 bridgehead atoms. The van der Waals surface area contributed by atoms with Gasteiger partial charge >= 0.3 is 6.09 Å². The molecule has 1 fully saturated rings. The number of halogens is 2. The van der Waals surface area contributed by atoms with Crippen LogP contribution < -0.4 is 10.6 Å². The van der Waals surface area contributed by atoms with Gasteiger partial charge in [0.25, 0.3) is 5.56 Å². The monoisotopic (exact) mass is 637 g/mol. The van der Waals surface area contributed by atoms with E-state index in [9.17, 15) is 9.59 Å². The number of piperazine rings is 1. The molecule has 0 radical (unpaired) electrons. The predicted molar refractivity (Wildman–Crippen MR) is 177 cm³/mol. The average molecular weight is 638 g/mol. The first-order chi connectivity index (χ1) is 22.3. The highest BCUT2D eigenvalue weighted by Crippen LogP contribution is 2.45. The van der Waals surface area contributed by atoms with Gasteiger partial charge in [0.2, 0.25) is 0 Å². The van der Waals surface area contributed by atoms with Crippen molar-refractivity contribution in [2.45, 2.75) is 25.6 Å². The number of carbonyl (C=O) groups excluding carboxylic acids is 1. The minimum Gasteiger partial charge on any atom is -0.436 e. The van der Waals surface area contributed by atoms with Crippen molar-refractivity contribution in [3.63, 3.8) is 0 Å². The molecule has 2 aliphatic rings. The number of aromatic nitrogens is 2. The van der Waals surface area contributed by atoms with Crippen molar-refractivity contribution in [3.05, 3.63) is 135 Å². The zero-order chi connectivity index (χ0) is 31.9. The summed E-state index contributed by atoms with van der Waals surface area (Å²) < 4.78 is 22.8. The van der Waals surface area contributed by atoms with Gasteiger partial charge in [-0.3, -0.25) is 9.69 Å². The molecule has 1 amide bonds. The summed E-state index contributed by atoms with van der Waals surface area (Å²) in [6.07, 6.45) is -1.18. The Labute approximate surface area is 271 Å². The molecule has 2 heterocycles. The lowest BCUT2D eigenvalue weighted by Gasteiger charge is -2.38. The molecule has 0 N–H and O–H groups in total. The Morgan fingerprint density at radius 2 is 1.54 bits per heavy atom. The Balaban J connectivity index is 1.20. The quantitative estimate of drug-likeness (QED) is 0.211. The normalized spacial score (nSPS) is 15.4. The standard InChI is InChI=1S/C36H33ClFN5O3/c1-23(40(2)36(45)46-33-27-14-8-6-12-25(27)26-13-7-9-15-28(26)33)34-39-32-30(38)17-16-29(37)31(32)35(44)43(34)42-20-18-41(19-21-42)22-24-10-4-3-5-11-24/h3-17,23,33H,18-22H2,1-2H3/t23-/m0/s1. The molecule has 0 saturated carbocycles. The van der Waals surface area contributed by atoms with E-state index in [1.54, 1.807) is 14.0 Å². The molecule has 4 aromatic carbocycles. The maximum Gasteiger partial charge on any atom is 0.411 e. The lowest BCUT2D eigenvalue weighted by Crippen LogP contribution is -2.55. The largest absolute Gasteiger partial charge is 0.436 e. The summed E-state index contributed by atoms with van der Waals surface area (Å²) in [5.41, 5.74) is 4.47. The van der Waals surface area contributed by atoms with Crippen molar-refractivity contribution < 1.29 is 13.9 Å². The molecule has 0 unspecified atom stereocenters. The number of fused-ring (bicyclic) bond motifs is 4. The van der Waals surface area contributed by atoms with Gasteiger partial charge in [0.05, 0.1) is 16.5 Å². The fraction of sp³-hybridized carbons (Fsp3) is 0.250. The summed E-state index contributed by atoms with van der Waals surface area (Å²) in [5, 5.41) is 2.04. The van der Waals surface area contributed by atoms with Crippen LogP contribution in [0.15, 0.2) is 95.8 Å². The maximum absolute atomic E-state index is 15.1. The van der Waals surface area contributed by atoms with Crippen LogP contribution in [0.5, 0.6) is 0 Å². The number of nitrogens with zero attached hydrogens (tertiary/aromatic N) is 5. The topological polar surface area (TPSA) is 70.9 Å².